The van der Waals surface area contributed by atoms with Crippen LogP contribution in [0.1, 0.15) is 10.9 Å². The Kier molecular flexibility index (Phi) is 3.70. The van der Waals surface area contributed by atoms with E-state index in [9.17, 15) is 0 Å². The number of methoxy groups -OCH3 is 1. The molecule has 3 heteroatoms. The molecule has 0 spiro atoms. The van der Waals surface area contributed by atoms with Crippen LogP contribution < -0.4 is 4.74 Å². The summed E-state index contributed by atoms with van der Waals surface area (Å²) in [6, 6.07) is 7.58. The van der Waals surface area contributed by atoms with Gasteiger partial charge in [-0.25, -0.2) is 0 Å². The monoisotopic (exact) mass is 204 g/mol. The van der Waals surface area contributed by atoms with Gasteiger partial charge in [0.1, 0.15) is 5.75 Å². The van der Waals surface area contributed by atoms with Gasteiger partial charge in [-0.1, -0.05) is 12.1 Å². The second kappa shape index (κ2) is 4.58. The summed E-state index contributed by atoms with van der Waals surface area (Å²) in [5.41, 5.74) is 1.02. The molecule has 0 aromatic heterocycles. The molecule has 0 radical (unpaired) electrons. The number of benzene rings is 1. The van der Waals surface area contributed by atoms with Crippen LogP contribution in [0, 0.1) is 0 Å². The summed E-state index contributed by atoms with van der Waals surface area (Å²) in [5.74, 6) is 1.26. The first kappa shape index (κ1) is 9.69. The van der Waals surface area contributed by atoms with Crippen LogP contribution in [0.15, 0.2) is 24.3 Å². The third-order valence-electron chi connectivity index (χ3n) is 1.61. The number of hydrogen-bond acceptors (Lipinski definition) is 1. The Bertz CT molecular complexity index is 233. The highest BCUT2D eigenvalue weighted by atomic mass is 35.5. The number of alkyl halides is 2. The normalized spacial score (nSPS) is 12.6. The number of rotatable bonds is 3. The molecule has 0 aliphatic heterocycles. The van der Waals surface area contributed by atoms with Crippen molar-refractivity contribution >= 4 is 23.2 Å². The van der Waals surface area contributed by atoms with Crippen molar-refractivity contribution in [1.29, 1.82) is 0 Å². The molecule has 12 heavy (non-hydrogen) atoms. The maximum Gasteiger partial charge on any atom is 0.118 e. The lowest BCUT2D eigenvalue weighted by Gasteiger charge is -2.06. The summed E-state index contributed by atoms with van der Waals surface area (Å²) in [5, 5.41) is -0.113. The van der Waals surface area contributed by atoms with Gasteiger partial charge < -0.3 is 4.74 Å². The van der Waals surface area contributed by atoms with Crippen molar-refractivity contribution in [1.82, 2.24) is 0 Å². The second-order valence-corrected chi connectivity index (χ2v) is 3.23. The summed E-state index contributed by atoms with van der Waals surface area (Å²) in [6.07, 6.45) is 0. The third-order valence-corrected chi connectivity index (χ3v) is 2.49. The van der Waals surface area contributed by atoms with Crippen LogP contribution >= 0.6 is 23.2 Å². The molecular formula is C9H10Cl2O. The van der Waals surface area contributed by atoms with Gasteiger partial charge in [-0.2, -0.15) is 0 Å². The molecule has 1 atom stereocenters. The van der Waals surface area contributed by atoms with Crippen molar-refractivity contribution < 1.29 is 4.74 Å². The molecule has 0 bridgehead atoms. The molecule has 0 saturated heterocycles. The Morgan fingerprint density at radius 2 is 1.92 bits per heavy atom. The quantitative estimate of drug-likeness (QED) is 0.688. The van der Waals surface area contributed by atoms with E-state index in [0.29, 0.717) is 5.88 Å². The van der Waals surface area contributed by atoms with Crippen molar-refractivity contribution in [3.8, 4) is 5.75 Å². The molecule has 1 aromatic carbocycles. The van der Waals surface area contributed by atoms with E-state index in [0.717, 1.165) is 11.3 Å². The Hall–Kier alpha value is -0.400. The first-order valence-electron chi connectivity index (χ1n) is 3.62. The lowest BCUT2D eigenvalue weighted by molar-refractivity contribution is 0.414. The molecular weight excluding hydrogens is 195 g/mol. The van der Waals surface area contributed by atoms with Crippen LogP contribution in [-0.4, -0.2) is 13.0 Å². The number of halogens is 2. The van der Waals surface area contributed by atoms with E-state index in [2.05, 4.69) is 0 Å². The number of ether oxygens (including phenoxy) is 1. The minimum atomic E-state index is -0.113. The zero-order valence-electron chi connectivity index (χ0n) is 6.76. The van der Waals surface area contributed by atoms with E-state index in [-0.39, 0.29) is 5.38 Å². The van der Waals surface area contributed by atoms with E-state index in [1.54, 1.807) is 7.11 Å². The molecule has 0 aliphatic carbocycles. The van der Waals surface area contributed by atoms with Gasteiger partial charge >= 0.3 is 0 Å². The van der Waals surface area contributed by atoms with Gasteiger partial charge in [-0.3, -0.25) is 0 Å². The van der Waals surface area contributed by atoms with Crippen molar-refractivity contribution in [2.75, 3.05) is 13.0 Å². The highest BCUT2D eigenvalue weighted by Crippen LogP contribution is 2.23. The van der Waals surface area contributed by atoms with Crippen molar-refractivity contribution in [2.24, 2.45) is 0 Å². The fourth-order valence-electron chi connectivity index (χ4n) is 0.902. The smallest absolute Gasteiger partial charge is 0.118 e. The maximum atomic E-state index is 5.91. The molecule has 0 saturated carbocycles. The van der Waals surface area contributed by atoms with Gasteiger partial charge in [0.25, 0.3) is 0 Å². The van der Waals surface area contributed by atoms with Gasteiger partial charge in [0, 0.05) is 5.88 Å². The minimum Gasteiger partial charge on any atom is -0.497 e. The highest BCUT2D eigenvalue weighted by molar-refractivity contribution is 6.28. The van der Waals surface area contributed by atoms with Gasteiger partial charge in [-0.05, 0) is 17.7 Å². The lowest BCUT2D eigenvalue weighted by atomic mass is 10.1. The summed E-state index contributed by atoms with van der Waals surface area (Å²) in [6.45, 7) is 0. The van der Waals surface area contributed by atoms with Gasteiger partial charge in [0.05, 0.1) is 12.5 Å². The zero-order chi connectivity index (χ0) is 8.97. The summed E-state index contributed by atoms with van der Waals surface area (Å²) in [4.78, 5) is 0. The average Bonchev–Trinajstić information content (AvgIpc) is 2.17. The molecule has 0 fully saturated rings. The topological polar surface area (TPSA) is 9.23 Å². The molecule has 1 rings (SSSR count). The minimum absolute atomic E-state index is 0.113. The van der Waals surface area contributed by atoms with E-state index in [4.69, 9.17) is 27.9 Å². The first-order valence-corrected chi connectivity index (χ1v) is 4.59. The Morgan fingerprint density at radius 1 is 1.33 bits per heavy atom. The first-order chi connectivity index (χ1) is 5.77. The maximum absolute atomic E-state index is 5.91. The molecule has 66 valence electrons. The molecule has 1 nitrogen and oxygen atoms in total. The molecule has 0 unspecified atom stereocenters. The van der Waals surface area contributed by atoms with Crippen LogP contribution in [0.25, 0.3) is 0 Å². The molecule has 1 aromatic rings. The van der Waals surface area contributed by atoms with Crippen LogP contribution in [0.2, 0.25) is 0 Å². The van der Waals surface area contributed by atoms with Crippen molar-refractivity contribution in [3.05, 3.63) is 29.8 Å². The fraction of sp³-hybridized carbons (Fsp3) is 0.333. The predicted molar refractivity (Wildman–Crippen MR) is 52.3 cm³/mol. The van der Waals surface area contributed by atoms with E-state index >= 15 is 0 Å². The third kappa shape index (κ3) is 2.29. The van der Waals surface area contributed by atoms with E-state index < -0.39 is 0 Å². The molecule has 0 N–H and O–H groups in total. The Morgan fingerprint density at radius 3 is 2.33 bits per heavy atom. The second-order valence-electron chi connectivity index (χ2n) is 2.39. The molecule has 0 aliphatic rings. The van der Waals surface area contributed by atoms with Crippen LogP contribution in [0.4, 0.5) is 0 Å². The molecule has 0 heterocycles. The van der Waals surface area contributed by atoms with Gasteiger partial charge in [0.2, 0.25) is 0 Å². The summed E-state index contributed by atoms with van der Waals surface area (Å²) >= 11 is 11.5. The zero-order valence-corrected chi connectivity index (χ0v) is 8.27. The van der Waals surface area contributed by atoms with Gasteiger partial charge in [0.15, 0.2) is 0 Å². The van der Waals surface area contributed by atoms with Crippen molar-refractivity contribution in [3.63, 3.8) is 0 Å². The Labute approximate surface area is 82.2 Å². The predicted octanol–water partition coefficient (Wildman–Crippen LogP) is 3.21. The lowest BCUT2D eigenvalue weighted by Crippen LogP contribution is -1.91. The van der Waals surface area contributed by atoms with Gasteiger partial charge in [-0.15, -0.1) is 23.2 Å². The van der Waals surface area contributed by atoms with Crippen LogP contribution in [0.5, 0.6) is 5.75 Å². The highest BCUT2D eigenvalue weighted by Gasteiger charge is 2.04. The van der Waals surface area contributed by atoms with E-state index in [1.165, 1.54) is 0 Å². The molecule has 0 amide bonds. The summed E-state index contributed by atoms with van der Waals surface area (Å²) < 4.78 is 5.01. The average molecular weight is 205 g/mol. The summed E-state index contributed by atoms with van der Waals surface area (Å²) in [7, 11) is 1.63. The van der Waals surface area contributed by atoms with E-state index in [1.807, 2.05) is 24.3 Å². The Balaban J connectivity index is 2.77. The van der Waals surface area contributed by atoms with Crippen LogP contribution in [-0.2, 0) is 0 Å². The largest absolute Gasteiger partial charge is 0.497 e. The standard InChI is InChI=1S/C9H10Cl2O/c1-12-8-4-2-7(3-5-8)9(11)6-10/h2-5,9H,6H2,1H3/t9-/m1/s1. The fourth-order valence-corrected chi connectivity index (χ4v) is 1.23. The SMILES string of the molecule is COc1ccc([C@H](Cl)CCl)cc1. The number of hydrogen-bond donors (Lipinski definition) is 0. The van der Waals surface area contributed by atoms with Crippen molar-refractivity contribution in [2.45, 2.75) is 5.38 Å². The van der Waals surface area contributed by atoms with Crippen LogP contribution in [0.3, 0.4) is 0 Å².